The number of carbonyl (C=O) groups is 2. The number of rotatable bonds is 9. The Morgan fingerprint density at radius 1 is 1.16 bits per heavy atom. The number of aliphatic hydroxyl groups excluding tert-OH is 1. The molecule has 0 aliphatic rings. The van der Waals surface area contributed by atoms with E-state index in [0.29, 0.717) is 12.8 Å². The molecule has 0 aliphatic carbocycles. The first-order valence-electron chi connectivity index (χ1n) is 8.11. The molecule has 25 heavy (non-hydrogen) atoms. The highest BCUT2D eigenvalue weighted by molar-refractivity contribution is 5.88. The number of unbranched alkanes of at least 4 members (excludes halogenated alkanes) is 3. The SMILES string of the molecule is CCCCCC[C@H](NC(=O)[C@H](O)c1ccc(C(F)(F)F)cc1)C(N)=O. The third-order valence-corrected chi connectivity index (χ3v) is 3.81. The van der Waals surface area contributed by atoms with E-state index in [1.165, 1.54) is 0 Å². The molecule has 0 radical (unpaired) electrons. The number of nitrogens with two attached hydrogens (primary N) is 1. The van der Waals surface area contributed by atoms with Gasteiger partial charge in [-0.1, -0.05) is 44.7 Å². The van der Waals surface area contributed by atoms with Gasteiger partial charge in [-0.15, -0.1) is 0 Å². The fourth-order valence-corrected chi connectivity index (χ4v) is 2.32. The maximum Gasteiger partial charge on any atom is 0.416 e. The van der Waals surface area contributed by atoms with E-state index in [1.54, 1.807) is 0 Å². The third-order valence-electron chi connectivity index (χ3n) is 3.81. The lowest BCUT2D eigenvalue weighted by molar-refractivity contribution is -0.137. The minimum atomic E-state index is -4.50. The van der Waals surface area contributed by atoms with Crippen molar-refractivity contribution in [2.45, 2.75) is 57.3 Å². The number of amides is 2. The molecule has 5 nitrogen and oxygen atoms in total. The molecule has 0 aliphatic heterocycles. The quantitative estimate of drug-likeness (QED) is 0.591. The molecule has 0 saturated carbocycles. The Morgan fingerprint density at radius 3 is 2.24 bits per heavy atom. The van der Waals surface area contributed by atoms with Gasteiger partial charge in [-0.3, -0.25) is 9.59 Å². The first-order valence-corrected chi connectivity index (χ1v) is 8.11. The molecule has 1 aromatic rings. The number of carbonyl (C=O) groups excluding carboxylic acids is 2. The minimum Gasteiger partial charge on any atom is -0.378 e. The second-order valence-electron chi connectivity index (χ2n) is 5.84. The fraction of sp³-hybridized carbons (Fsp3) is 0.529. The van der Waals surface area contributed by atoms with Crippen LogP contribution < -0.4 is 11.1 Å². The van der Waals surface area contributed by atoms with Gasteiger partial charge in [-0.25, -0.2) is 0 Å². The number of hydrogen-bond donors (Lipinski definition) is 3. The molecule has 0 unspecified atom stereocenters. The number of alkyl halides is 3. The Kier molecular flexibility index (Phi) is 7.89. The number of aliphatic hydroxyl groups is 1. The smallest absolute Gasteiger partial charge is 0.378 e. The van der Waals surface area contributed by atoms with E-state index in [2.05, 4.69) is 5.32 Å². The van der Waals surface area contributed by atoms with Gasteiger partial charge < -0.3 is 16.2 Å². The van der Waals surface area contributed by atoms with E-state index in [0.717, 1.165) is 43.5 Å². The summed E-state index contributed by atoms with van der Waals surface area (Å²) in [7, 11) is 0. The van der Waals surface area contributed by atoms with Crippen molar-refractivity contribution in [1.29, 1.82) is 0 Å². The fourth-order valence-electron chi connectivity index (χ4n) is 2.32. The molecule has 1 rings (SSSR count). The highest BCUT2D eigenvalue weighted by Crippen LogP contribution is 2.30. The molecule has 8 heteroatoms. The van der Waals surface area contributed by atoms with Crippen LogP contribution in [0, 0.1) is 0 Å². The van der Waals surface area contributed by atoms with Crippen LogP contribution in [0.25, 0.3) is 0 Å². The summed E-state index contributed by atoms with van der Waals surface area (Å²) < 4.78 is 37.6. The average Bonchev–Trinajstić information content (AvgIpc) is 2.55. The maximum atomic E-state index is 12.5. The third kappa shape index (κ3) is 6.74. The Hall–Kier alpha value is -2.09. The predicted molar refractivity (Wildman–Crippen MR) is 86.3 cm³/mol. The van der Waals surface area contributed by atoms with Crippen molar-refractivity contribution >= 4 is 11.8 Å². The highest BCUT2D eigenvalue weighted by Gasteiger charge is 2.31. The summed E-state index contributed by atoms with van der Waals surface area (Å²) in [4.78, 5) is 23.5. The van der Waals surface area contributed by atoms with Gasteiger partial charge in [0.1, 0.15) is 6.04 Å². The van der Waals surface area contributed by atoms with Crippen LogP contribution in [0.5, 0.6) is 0 Å². The van der Waals surface area contributed by atoms with Crippen molar-refractivity contribution < 1.29 is 27.9 Å². The maximum absolute atomic E-state index is 12.5. The number of halogens is 3. The molecule has 1 aromatic carbocycles. The summed E-state index contributed by atoms with van der Waals surface area (Å²) >= 11 is 0. The molecular weight excluding hydrogens is 337 g/mol. The van der Waals surface area contributed by atoms with E-state index in [4.69, 9.17) is 5.73 Å². The number of benzene rings is 1. The Balaban J connectivity index is 2.68. The van der Waals surface area contributed by atoms with Crippen molar-refractivity contribution in [3.05, 3.63) is 35.4 Å². The van der Waals surface area contributed by atoms with Crippen LogP contribution in [0.1, 0.15) is 56.3 Å². The average molecular weight is 360 g/mol. The van der Waals surface area contributed by atoms with Gasteiger partial charge >= 0.3 is 6.18 Å². The zero-order valence-electron chi connectivity index (χ0n) is 14.0. The van der Waals surface area contributed by atoms with E-state index >= 15 is 0 Å². The molecule has 0 fully saturated rings. The molecule has 0 aromatic heterocycles. The van der Waals surface area contributed by atoms with Gasteiger partial charge in [0.15, 0.2) is 6.10 Å². The van der Waals surface area contributed by atoms with Crippen LogP contribution in [-0.4, -0.2) is 23.0 Å². The zero-order valence-corrected chi connectivity index (χ0v) is 14.0. The van der Waals surface area contributed by atoms with Gasteiger partial charge in [-0.2, -0.15) is 13.2 Å². The van der Waals surface area contributed by atoms with E-state index in [1.807, 2.05) is 6.92 Å². The molecule has 0 saturated heterocycles. The lowest BCUT2D eigenvalue weighted by Crippen LogP contribution is -2.46. The standard InChI is InChI=1S/C17H23F3N2O3/c1-2-3-4-5-6-13(15(21)24)22-16(25)14(23)11-7-9-12(10-8-11)17(18,19)20/h7-10,13-14,23H,2-6H2,1H3,(H2,21,24)(H,22,25)/t13-,14+/m0/s1. The number of primary amides is 1. The van der Waals surface area contributed by atoms with Crippen LogP contribution in [0.4, 0.5) is 13.2 Å². The van der Waals surface area contributed by atoms with E-state index in [9.17, 15) is 27.9 Å². The van der Waals surface area contributed by atoms with Gasteiger partial charge in [0, 0.05) is 0 Å². The lowest BCUT2D eigenvalue weighted by Gasteiger charge is -2.18. The Bertz CT molecular complexity index is 573. The molecule has 0 bridgehead atoms. The largest absolute Gasteiger partial charge is 0.416 e. The van der Waals surface area contributed by atoms with Gasteiger partial charge in [-0.05, 0) is 24.1 Å². The second-order valence-corrected chi connectivity index (χ2v) is 5.84. The first kappa shape index (κ1) is 21.0. The molecule has 4 N–H and O–H groups in total. The molecular formula is C17H23F3N2O3. The van der Waals surface area contributed by atoms with E-state index < -0.39 is 35.7 Å². The Morgan fingerprint density at radius 2 is 1.76 bits per heavy atom. The van der Waals surface area contributed by atoms with Gasteiger partial charge in [0.05, 0.1) is 5.56 Å². The topological polar surface area (TPSA) is 92.4 Å². The monoisotopic (exact) mass is 360 g/mol. The first-order chi connectivity index (χ1) is 11.7. The summed E-state index contributed by atoms with van der Waals surface area (Å²) in [5.74, 6) is -1.59. The molecule has 2 amide bonds. The van der Waals surface area contributed by atoms with Crippen LogP contribution in [0.2, 0.25) is 0 Å². The van der Waals surface area contributed by atoms with Gasteiger partial charge in [0.25, 0.3) is 5.91 Å². The summed E-state index contributed by atoms with van der Waals surface area (Å²) in [6.07, 6.45) is -2.24. The van der Waals surface area contributed by atoms with E-state index in [-0.39, 0.29) is 5.56 Å². The van der Waals surface area contributed by atoms with Crippen molar-refractivity contribution in [2.24, 2.45) is 5.73 Å². The predicted octanol–water partition coefficient (Wildman–Crippen LogP) is 2.68. The lowest BCUT2D eigenvalue weighted by atomic mass is 10.0. The second kappa shape index (κ2) is 9.41. The molecule has 140 valence electrons. The summed E-state index contributed by atoms with van der Waals surface area (Å²) in [5, 5.41) is 12.3. The van der Waals surface area contributed by atoms with Crippen molar-refractivity contribution in [1.82, 2.24) is 5.32 Å². The Labute approximate surface area is 144 Å². The van der Waals surface area contributed by atoms with Crippen molar-refractivity contribution in [2.75, 3.05) is 0 Å². The highest BCUT2D eigenvalue weighted by atomic mass is 19.4. The van der Waals surface area contributed by atoms with Crippen LogP contribution in [-0.2, 0) is 15.8 Å². The number of nitrogens with one attached hydrogen (secondary N) is 1. The normalized spacial score (nSPS) is 14.0. The van der Waals surface area contributed by atoms with Gasteiger partial charge in [0.2, 0.25) is 5.91 Å². The number of hydrogen-bond acceptors (Lipinski definition) is 3. The van der Waals surface area contributed by atoms with Crippen LogP contribution in [0.3, 0.4) is 0 Å². The summed E-state index contributed by atoms with van der Waals surface area (Å²) in [6.45, 7) is 2.04. The van der Waals surface area contributed by atoms with Crippen LogP contribution in [0.15, 0.2) is 24.3 Å². The molecule has 0 spiro atoms. The van der Waals surface area contributed by atoms with Crippen molar-refractivity contribution in [3.63, 3.8) is 0 Å². The zero-order chi connectivity index (χ0) is 19.0. The van der Waals surface area contributed by atoms with Crippen molar-refractivity contribution in [3.8, 4) is 0 Å². The minimum absolute atomic E-state index is 0.000275. The summed E-state index contributed by atoms with van der Waals surface area (Å²) in [5.41, 5.74) is 4.37. The summed E-state index contributed by atoms with van der Waals surface area (Å²) in [6, 6.07) is 2.68. The van der Waals surface area contributed by atoms with Crippen LogP contribution >= 0.6 is 0 Å². The molecule has 0 heterocycles. The molecule has 2 atom stereocenters.